The molecule has 30 heavy (non-hydrogen) atoms. The van der Waals surface area contributed by atoms with E-state index < -0.39 is 0 Å². The smallest absolute Gasteiger partial charge is 0.252 e. The van der Waals surface area contributed by atoms with Crippen molar-refractivity contribution in [1.82, 2.24) is 10.3 Å². The Morgan fingerprint density at radius 3 is 2.67 bits per heavy atom. The first-order valence-electron chi connectivity index (χ1n) is 10.2. The number of fused-ring (bicyclic) bond motifs is 1. The number of amides is 1. The molecule has 0 aliphatic heterocycles. The summed E-state index contributed by atoms with van der Waals surface area (Å²) in [6.07, 6.45) is 2.15. The molecule has 0 spiro atoms. The number of para-hydroxylation sites is 1. The number of ether oxygens (including phenoxy) is 1. The molecule has 152 valence electrons. The molecule has 1 amide bonds. The summed E-state index contributed by atoms with van der Waals surface area (Å²) in [5, 5.41) is 5.90. The molecule has 2 aromatic heterocycles. The molecule has 0 aliphatic rings. The summed E-state index contributed by atoms with van der Waals surface area (Å²) in [5.74, 6) is 0.754. The van der Waals surface area contributed by atoms with E-state index in [0.717, 1.165) is 52.2 Å². The minimum Gasteiger partial charge on any atom is -0.494 e. The third-order valence-electron chi connectivity index (χ3n) is 4.88. The number of carbonyl (C=O) groups is 1. The van der Waals surface area contributed by atoms with Gasteiger partial charge in [0.2, 0.25) is 0 Å². The van der Waals surface area contributed by atoms with Crippen LogP contribution in [0, 0.1) is 0 Å². The lowest BCUT2D eigenvalue weighted by Gasteiger charge is -2.11. The predicted molar refractivity (Wildman–Crippen MR) is 123 cm³/mol. The van der Waals surface area contributed by atoms with E-state index in [1.54, 1.807) is 11.3 Å². The molecule has 0 bridgehead atoms. The largest absolute Gasteiger partial charge is 0.494 e. The number of nitrogens with zero attached hydrogens (tertiary/aromatic N) is 1. The Morgan fingerprint density at radius 1 is 1.07 bits per heavy atom. The van der Waals surface area contributed by atoms with E-state index in [0.29, 0.717) is 12.1 Å². The van der Waals surface area contributed by atoms with Gasteiger partial charge < -0.3 is 10.1 Å². The molecule has 4 rings (SSSR count). The average molecular weight is 417 g/mol. The van der Waals surface area contributed by atoms with Crippen LogP contribution >= 0.6 is 11.3 Å². The summed E-state index contributed by atoms with van der Waals surface area (Å²) in [5.41, 5.74) is 3.17. The molecule has 0 saturated carbocycles. The van der Waals surface area contributed by atoms with Crippen LogP contribution in [0.4, 0.5) is 0 Å². The lowest BCUT2D eigenvalue weighted by atomic mass is 10.0. The zero-order chi connectivity index (χ0) is 20.8. The highest BCUT2D eigenvalue weighted by molar-refractivity contribution is 7.09. The van der Waals surface area contributed by atoms with Crippen molar-refractivity contribution in [2.45, 2.75) is 26.3 Å². The van der Waals surface area contributed by atoms with Crippen molar-refractivity contribution in [1.29, 1.82) is 0 Å². The highest BCUT2D eigenvalue weighted by Gasteiger charge is 2.14. The van der Waals surface area contributed by atoms with Gasteiger partial charge in [0.05, 0.1) is 29.9 Å². The zero-order valence-corrected chi connectivity index (χ0v) is 17.7. The van der Waals surface area contributed by atoms with Crippen molar-refractivity contribution in [3.8, 4) is 17.0 Å². The van der Waals surface area contributed by atoms with Crippen molar-refractivity contribution < 1.29 is 9.53 Å². The first-order chi connectivity index (χ1) is 14.7. The van der Waals surface area contributed by atoms with Crippen molar-refractivity contribution in [2.24, 2.45) is 0 Å². The van der Waals surface area contributed by atoms with Crippen LogP contribution in [0.15, 0.2) is 72.1 Å². The number of benzene rings is 2. The maximum Gasteiger partial charge on any atom is 0.252 e. The van der Waals surface area contributed by atoms with Crippen LogP contribution < -0.4 is 10.1 Å². The number of rotatable bonds is 8. The van der Waals surface area contributed by atoms with E-state index in [1.165, 1.54) is 0 Å². The molecule has 2 heterocycles. The van der Waals surface area contributed by atoms with Gasteiger partial charge in [-0.2, -0.15) is 0 Å². The van der Waals surface area contributed by atoms with Crippen LogP contribution in [-0.2, 0) is 6.54 Å². The molecule has 5 heteroatoms. The van der Waals surface area contributed by atoms with Crippen LogP contribution in [0.5, 0.6) is 5.75 Å². The number of thiophene rings is 1. The van der Waals surface area contributed by atoms with Crippen molar-refractivity contribution in [3.63, 3.8) is 0 Å². The van der Waals surface area contributed by atoms with E-state index in [-0.39, 0.29) is 5.91 Å². The Kier molecular flexibility index (Phi) is 6.40. The summed E-state index contributed by atoms with van der Waals surface area (Å²) in [7, 11) is 0. The topological polar surface area (TPSA) is 51.2 Å². The minimum atomic E-state index is -0.0947. The maximum absolute atomic E-state index is 13.0. The number of hydrogen-bond donors (Lipinski definition) is 1. The molecule has 4 nitrogen and oxygen atoms in total. The van der Waals surface area contributed by atoms with Crippen LogP contribution in [0.3, 0.4) is 0 Å². The van der Waals surface area contributed by atoms with Crippen molar-refractivity contribution in [3.05, 3.63) is 82.6 Å². The van der Waals surface area contributed by atoms with E-state index in [4.69, 9.17) is 9.72 Å². The Labute approximate surface area is 180 Å². The van der Waals surface area contributed by atoms with Crippen LogP contribution in [0.2, 0.25) is 0 Å². The zero-order valence-electron chi connectivity index (χ0n) is 16.9. The number of nitrogens with one attached hydrogen (secondary N) is 1. The van der Waals surface area contributed by atoms with Gasteiger partial charge in [0.25, 0.3) is 5.91 Å². The van der Waals surface area contributed by atoms with Gasteiger partial charge in [-0.1, -0.05) is 37.6 Å². The normalized spacial score (nSPS) is 10.8. The molecule has 0 unspecified atom stereocenters. The fourth-order valence-electron chi connectivity index (χ4n) is 3.24. The molecular weight excluding hydrogens is 392 g/mol. The Balaban J connectivity index is 1.62. The molecule has 2 aromatic carbocycles. The van der Waals surface area contributed by atoms with Crippen LogP contribution in [-0.4, -0.2) is 17.5 Å². The van der Waals surface area contributed by atoms with Gasteiger partial charge in [0, 0.05) is 15.8 Å². The summed E-state index contributed by atoms with van der Waals surface area (Å²) in [4.78, 5) is 18.9. The second-order valence-electron chi connectivity index (χ2n) is 7.06. The maximum atomic E-state index is 13.0. The monoisotopic (exact) mass is 416 g/mol. The molecular formula is C25H24N2O2S. The standard InChI is InChI=1S/C25H24N2O2S/c1-2-3-14-29-19-12-10-18(11-13-19)24-16-22(21-8-4-5-9-23(21)27-24)25(28)26-17-20-7-6-15-30-20/h4-13,15-16H,2-3,14,17H2,1H3,(H,26,28). The predicted octanol–water partition coefficient (Wildman–Crippen LogP) is 6.07. The van der Waals surface area contributed by atoms with Gasteiger partial charge in [-0.15, -0.1) is 11.3 Å². The number of aromatic nitrogens is 1. The molecule has 0 aliphatic carbocycles. The molecule has 0 saturated heterocycles. The number of pyridine rings is 1. The van der Waals surface area contributed by atoms with E-state index in [2.05, 4.69) is 12.2 Å². The molecule has 0 fully saturated rings. The number of hydrogen-bond acceptors (Lipinski definition) is 4. The third kappa shape index (κ3) is 4.69. The van der Waals surface area contributed by atoms with Gasteiger partial charge in [-0.3, -0.25) is 4.79 Å². The highest BCUT2D eigenvalue weighted by atomic mass is 32.1. The van der Waals surface area contributed by atoms with E-state index in [9.17, 15) is 4.79 Å². The second-order valence-corrected chi connectivity index (χ2v) is 8.09. The van der Waals surface area contributed by atoms with E-state index in [1.807, 2.05) is 72.1 Å². The lowest BCUT2D eigenvalue weighted by Crippen LogP contribution is -2.22. The second kappa shape index (κ2) is 9.55. The molecule has 0 atom stereocenters. The fourth-order valence-corrected chi connectivity index (χ4v) is 3.89. The quantitative estimate of drug-likeness (QED) is 0.355. The first-order valence-corrected chi connectivity index (χ1v) is 11.1. The Bertz CT molecular complexity index is 1120. The number of carbonyl (C=O) groups excluding carboxylic acids is 1. The van der Waals surface area contributed by atoms with Gasteiger partial charge >= 0.3 is 0 Å². The Hall–Kier alpha value is -3.18. The Morgan fingerprint density at radius 2 is 1.90 bits per heavy atom. The summed E-state index contributed by atoms with van der Waals surface area (Å²) >= 11 is 1.63. The van der Waals surface area contributed by atoms with E-state index >= 15 is 0 Å². The first kappa shape index (κ1) is 20.1. The minimum absolute atomic E-state index is 0.0947. The molecule has 1 N–H and O–H groups in total. The lowest BCUT2D eigenvalue weighted by molar-refractivity contribution is 0.0953. The molecule has 4 aromatic rings. The van der Waals surface area contributed by atoms with Crippen LogP contribution in [0.1, 0.15) is 35.0 Å². The number of unbranched alkanes of at least 4 members (excludes halogenated alkanes) is 1. The van der Waals surface area contributed by atoms with Crippen molar-refractivity contribution >= 4 is 28.1 Å². The van der Waals surface area contributed by atoms with Gasteiger partial charge in [0.15, 0.2) is 0 Å². The summed E-state index contributed by atoms with van der Waals surface area (Å²) in [6.45, 7) is 3.39. The van der Waals surface area contributed by atoms with Gasteiger partial charge in [-0.25, -0.2) is 4.98 Å². The summed E-state index contributed by atoms with van der Waals surface area (Å²) < 4.78 is 5.75. The average Bonchev–Trinajstić information content (AvgIpc) is 3.31. The summed E-state index contributed by atoms with van der Waals surface area (Å²) in [6, 6.07) is 21.5. The van der Waals surface area contributed by atoms with Gasteiger partial charge in [0.1, 0.15) is 5.75 Å². The highest BCUT2D eigenvalue weighted by Crippen LogP contribution is 2.26. The van der Waals surface area contributed by atoms with Gasteiger partial charge in [-0.05, 0) is 54.3 Å². The SMILES string of the molecule is CCCCOc1ccc(-c2cc(C(=O)NCc3cccs3)c3ccccc3n2)cc1. The van der Waals surface area contributed by atoms with Crippen molar-refractivity contribution in [2.75, 3.05) is 6.61 Å². The van der Waals surface area contributed by atoms with Crippen LogP contribution in [0.25, 0.3) is 22.2 Å². The fraction of sp³-hybridized carbons (Fsp3) is 0.200. The third-order valence-corrected chi connectivity index (χ3v) is 5.76. The molecule has 0 radical (unpaired) electrons.